The third kappa shape index (κ3) is 5.60. The average Bonchev–Trinajstić information content (AvgIpc) is 2.86. The minimum absolute atomic E-state index is 0.0604. The number of urea groups is 1. The van der Waals surface area contributed by atoms with E-state index in [-0.39, 0.29) is 18.9 Å². The molecule has 0 heterocycles. The molecule has 0 atom stereocenters. The third-order valence-electron chi connectivity index (χ3n) is 3.77. The van der Waals surface area contributed by atoms with Gasteiger partial charge in [0.25, 0.3) is 0 Å². The lowest BCUT2D eigenvalue weighted by Gasteiger charge is -2.32. The first-order valence-electron chi connectivity index (χ1n) is 7.18. The average molecular weight is 297 g/mol. The smallest absolute Gasteiger partial charge is 0.317 e. The Hall–Kier alpha value is -1.81. The van der Waals surface area contributed by atoms with Crippen molar-refractivity contribution in [2.75, 3.05) is 26.8 Å². The van der Waals surface area contributed by atoms with E-state index in [0.717, 1.165) is 12.8 Å². The van der Waals surface area contributed by atoms with E-state index in [1.165, 1.54) is 4.90 Å². The molecule has 0 aromatic heterocycles. The van der Waals surface area contributed by atoms with E-state index in [1.54, 1.807) is 7.11 Å². The molecule has 1 saturated carbocycles. The van der Waals surface area contributed by atoms with Crippen LogP contribution in [0.2, 0.25) is 0 Å². The fourth-order valence-electron chi connectivity index (χ4n) is 2.69. The molecule has 118 valence electrons. The molecule has 1 rings (SSSR count). The molecule has 2 N–H and O–H groups in total. The molecule has 1 aliphatic carbocycles. The summed E-state index contributed by atoms with van der Waals surface area (Å²) in [4.78, 5) is 24.9. The fourth-order valence-corrected chi connectivity index (χ4v) is 2.69. The standard InChI is InChI=1S/C14H23N3O4/c1-21-10-9-17(8-4-7-15)13(20)16-14(11-12(18)19)5-2-3-6-14/h2-6,8-11H2,1H3,(H,16,20)(H,18,19). The van der Waals surface area contributed by atoms with E-state index in [9.17, 15) is 9.59 Å². The number of ether oxygens (including phenoxy) is 1. The van der Waals surface area contributed by atoms with Crippen LogP contribution in [-0.4, -0.2) is 54.4 Å². The maximum atomic E-state index is 12.4. The minimum Gasteiger partial charge on any atom is -0.481 e. The van der Waals surface area contributed by atoms with E-state index in [1.807, 2.05) is 6.07 Å². The number of amides is 2. The predicted molar refractivity (Wildman–Crippen MR) is 75.7 cm³/mol. The van der Waals surface area contributed by atoms with Gasteiger partial charge >= 0.3 is 12.0 Å². The van der Waals surface area contributed by atoms with Crippen molar-refractivity contribution in [2.45, 2.75) is 44.1 Å². The topological polar surface area (TPSA) is 103 Å². The first-order chi connectivity index (χ1) is 10.0. The number of nitrogens with one attached hydrogen (secondary N) is 1. The molecular formula is C14H23N3O4. The Morgan fingerprint density at radius 2 is 2.05 bits per heavy atom. The van der Waals surface area contributed by atoms with Crippen LogP contribution >= 0.6 is 0 Å². The largest absolute Gasteiger partial charge is 0.481 e. The molecule has 21 heavy (non-hydrogen) atoms. The van der Waals surface area contributed by atoms with Gasteiger partial charge in [0.1, 0.15) is 0 Å². The van der Waals surface area contributed by atoms with Crippen LogP contribution < -0.4 is 5.32 Å². The number of carboxylic acid groups (broad SMARTS) is 1. The number of methoxy groups -OCH3 is 1. The van der Waals surface area contributed by atoms with Crippen molar-refractivity contribution in [3.8, 4) is 6.07 Å². The molecule has 7 heteroatoms. The molecular weight excluding hydrogens is 274 g/mol. The quantitative estimate of drug-likeness (QED) is 0.704. The van der Waals surface area contributed by atoms with E-state index >= 15 is 0 Å². The number of rotatable bonds is 8. The molecule has 7 nitrogen and oxygen atoms in total. The van der Waals surface area contributed by atoms with Crippen molar-refractivity contribution in [1.29, 1.82) is 5.26 Å². The van der Waals surface area contributed by atoms with Gasteiger partial charge in [-0.1, -0.05) is 12.8 Å². The Bertz CT molecular complexity index is 400. The zero-order valence-corrected chi connectivity index (χ0v) is 12.4. The molecule has 1 aliphatic rings. The maximum Gasteiger partial charge on any atom is 0.317 e. The van der Waals surface area contributed by atoms with Crippen molar-refractivity contribution >= 4 is 12.0 Å². The Balaban J connectivity index is 2.68. The maximum absolute atomic E-state index is 12.4. The van der Waals surface area contributed by atoms with Gasteiger partial charge in [0.05, 0.1) is 31.1 Å². The molecule has 0 aromatic rings. The highest BCUT2D eigenvalue weighted by molar-refractivity contribution is 5.77. The van der Waals surface area contributed by atoms with Gasteiger partial charge in [0.2, 0.25) is 0 Å². The lowest BCUT2D eigenvalue weighted by atomic mass is 9.93. The molecule has 0 unspecified atom stereocenters. The first kappa shape index (κ1) is 17.2. The number of nitriles is 1. The normalized spacial score (nSPS) is 16.2. The molecule has 0 spiro atoms. The van der Waals surface area contributed by atoms with Gasteiger partial charge in [-0.3, -0.25) is 4.79 Å². The highest BCUT2D eigenvalue weighted by Gasteiger charge is 2.38. The summed E-state index contributed by atoms with van der Waals surface area (Å²) in [6.07, 6.45) is 3.38. The molecule has 0 bridgehead atoms. The van der Waals surface area contributed by atoms with E-state index in [0.29, 0.717) is 32.5 Å². The first-order valence-corrected chi connectivity index (χ1v) is 7.18. The van der Waals surface area contributed by atoms with Gasteiger partial charge in [-0.2, -0.15) is 5.26 Å². The summed E-state index contributed by atoms with van der Waals surface area (Å²) in [5.74, 6) is -0.905. The zero-order chi connectivity index (χ0) is 15.7. The van der Waals surface area contributed by atoms with E-state index in [2.05, 4.69) is 5.32 Å². The second-order valence-electron chi connectivity index (χ2n) is 5.38. The molecule has 0 aliphatic heterocycles. The summed E-state index contributed by atoms with van der Waals surface area (Å²) in [6.45, 7) is 1.08. The molecule has 0 aromatic carbocycles. The summed E-state index contributed by atoms with van der Waals surface area (Å²) in [5.41, 5.74) is -0.652. The van der Waals surface area contributed by atoms with Crippen LogP contribution in [0.25, 0.3) is 0 Å². The lowest BCUT2D eigenvalue weighted by molar-refractivity contribution is -0.138. The summed E-state index contributed by atoms with van der Waals surface area (Å²) >= 11 is 0. The lowest BCUT2D eigenvalue weighted by Crippen LogP contribution is -2.53. The van der Waals surface area contributed by atoms with Crippen molar-refractivity contribution < 1.29 is 19.4 Å². The van der Waals surface area contributed by atoms with Crippen molar-refractivity contribution in [1.82, 2.24) is 10.2 Å². The van der Waals surface area contributed by atoms with Gasteiger partial charge in [-0.05, 0) is 12.8 Å². The second kappa shape index (κ2) is 8.47. The van der Waals surface area contributed by atoms with Crippen LogP contribution in [0.3, 0.4) is 0 Å². The van der Waals surface area contributed by atoms with Crippen molar-refractivity contribution in [2.24, 2.45) is 0 Å². The number of nitrogens with zero attached hydrogens (tertiary/aromatic N) is 2. The number of carboxylic acids is 1. The van der Waals surface area contributed by atoms with E-state index in [4.69, 9.17) is 15.1 Å². The Morgan fingerprint density at radius 1 is 1.38 bits per heavy atom. The Morgan fingerprint density at radius 3 is 2.57 bits per heavy atom. The van der Waals surface area contributed by atoms with Crippen LogP contribution in [0.4, 0.5) is 4.79 Å². The van der Waals surface area contributed by atoms with Crippen LogP contribution in [0.5, 0.6) is 0 Å². The van der Waals surface area contributed by atoms with Crippen LogP contribution in [0, 0.1) is 11.3 Å². The van der Waals surface area contributed by atoms with Gasteiger partial charge < -0.3 is 20.1 Å². The molecule has 1 fully saturated rings. The zero-order valence-electron chi connectivity index (χ0n) is 12.4. The number of carbonyl (C=O) groups excluding carboxylic acids is 1. The van der Waals surface area contributed by atoms with E-state index < -0.39 is 11.5 Å². The number of hydrogen-bond donors (Lipinski definition) is 2. The van der Waals surface area contributed by atoms with Crippen LogP contribution in [0.1, 0.15) is 38.5 Å². The predicted octanol–water partition coefficient (Wildman–Crippen LogP) is 1.35. The Kier molecular flexibility index (Phi) is 6.96. The second-order valence-corrected chi connectivity index (χ2v) is 5.38. The Labute approximate surface area is 124 Å². The monoisotopic (exact) mass is 297 g/mol. The third-order valence-corrected chi connectivity index (χ3v) is 3.77. The van der Waals surface area contributed by atoms with Gasteiger partial charge in [0, 0.05) is 20.2 Å². The summed E-state index contributed by atoms with van der Waals surface area (Å²) in [7, 11) is 1.54. The van der Waals surface area contributed by atoms with Crippen molar-refractivity contribution in [3.63, 3.8) is 0 Å². The van der Waals surface area contributed by atoms with Crippen LogP contribution in [-0.2, 0) is 9.53 Å². The van der Waals surface area contributed by atoms with Gasteiger partial charge in [0.15, 0.2) is 0 Å². The summed E-state index contributed by atoms with van der Waals surface area (Å²) in [5, 5.41) is 20.6. The van der Waals surface area contributed by atoms with Gasteiger partial charge in [-0.15, -0.1) is 0 Å². The van der Waals surface area contributed by atoms with Gasteiger partial charge in [-0.25, -0.2) is 4.79 Å². The number of aliphatic carboxylic acids is 1. The highest BCUT2D eigenvalue weighted by Crippen LogP contribution is 2.32. The molecule has 0 saturated heterocycles. The SMILES string of the molecule is COCCN(CCC#N)C(=O)NC1(CC(=O)O)CCCC1. The fraction of sp³-hybridized carbons (Fsp3) is 0.786. The summed E-state index contributed by atoms with van der Waals surface area (Å²) in [6, 6.07) is 1.69. The minimum atomic E-state index is -0.905. The molecule has 2 amide bonds. The number of carbonyl (C=O) groups is 2. The molecule has 0 radical (unpaired) electrons. The van der Waals surface area contributed by atoms with Crippen LogP contribution in [0.15, 0.2) is 0 Å². The number of hydrogen-bond acceptors (Lipinski definition) is 4. The van der Waals surface area contributed by atoms with Crippen molar-refractivity contribution in [3.05, 3.63) is 0 Å². The highest BCUT2D eigenvalue weighted by atomic mass is 16.5. The summed E-state index contributed by atoms with van der Waals surface area (Å²) < 4.78 is 4.96.